The summed E-state index contributed by atoms with van der Waals surface area (Å²) in [5.74, 6) is 0.314. The van der Waals surface area contributed by atoms with Crippen molar-refractivity contribution >= 4 is 5.97 Å². The molecule has 28 heavy (non-hydrogen) atoms. The van der Waals surface area contributed by atoms with E-state index < -0.39 is 6.10 Å². The van der Waals surface area contributed by atoms with Crippen molar-refractivity contribution in [2.75, 3.05) is 6.61 Å². The lowest BCUT2D eigenvalue weighted by Crippen LogP contribution is -2.31. The minimum Gasteiger partial charge on any atom is -0.478 e. The van der Waals surface area contributed by atoms with Crippen LogP contribution >= 0.6 is 0 Å². The Balaban J connectivity index is 1.80. The summed E-state index contributed by atoms with van der Waals surface area (Å²) in [6, 6.07) is 24.0. The van der Waals surface area contributed by atoms with Crippen LogP contribution in [0.5, 0.6) is 5.75 Å². The largest absolute Gasteiger partial charge is 0.478 e. The van der Waals surface area contributed by atoms with Crippen LogP contribution in [0.4, 0.5) is 0 Å². The molecule has 0 aliphatic heterocycles. The molecule has 0 aliphatic carbocycles. The van der Waals surface area contributed by atoms with Crippen molar-refractivity contribution in [3.8, 4) is 16.9 Å². The molecule has 0 amide bonds. The Labute approximate surface area is 166 Å². The third-order valence-corrected chi connectivity index (χ3v) is 4.72. The maximum Gasteiger partial charge on any atom is 0.347 e. The van der Waals surface area contributed by atoms with Gasteiger partial charge >= 0.3 is 5.97 Å². The van der Waals surface area contributed by atoms with E-state index in [1.54, 1.807) is 6.92 Å². The van der Waals surface area contributed by atoms with Crippen LogP contribution in [0.2, 0.25) is 0 Å². The van der Waals surface area contributed by atoms with Crippen molar-refractivity contribution in [1.82, 2.24) is 0 Å². The van der Waals surface area contributed by atoms with Crippen LogP contribution in [0.15, 0.2) is 72.8 Å². The van der Waals surface area contributed by atoms with Crippen LogP contribution < -0.4 is 4.74 Å². The van der Waals surface area contributed by atoms with Gasteiger partial charge < -0.3 is 9.47 Å². The quantitative estimate of drug-likeness (QED) is 0.511. The molecule has 0 N–H and O–H groups in total. The van der Waals surface area contributed by atoms with Gasteiger partial charge in [-0.3, -0.25) is 0 Å². The second kappa shape index (κ2) is 9.23. The van der Waals surface area contributed by atoms with Crippen LogP contribution in [0.25, 0.3) is 11.1 Å². The zero-order valence-electron chi connectivity index (χ0n) is 16.6. The molecule has 0 bridgehead atoms. The molecular formula is C25H26O3. The Bertz CT molecular complexity index is 894. The summed E-state index contributed by atoms with van der Waals surface area (Å²) in [5, 5.41) is 0. The number of carbonyl (C=O) groups is 1. The first-order valence-electron chi connectivity index (χ1n) is 9.62. The number of carbonyl (C=O) groups excluding carboxylic acids is 1. The molecule has 0 radical (unpaired) electrons. The van der Waals surface area contributed by atoms with Crippen LogP contribution in [0, 0.1) is 13.8 Å². The number of aryl methyl sites for hydroxylation is 2. The summed E-state index contributed by atoms with van der Waals surface area (Å²) in [4.78, 5) is 12.4. The molecule has 3 heteroatoms. The van der Waals surface area contributed by atoms with E-state index in [0.717, 1.165) is 11.1 Å². The van der Waals surface area contributed by atoms with Gasteiger partial charge in [0.05, 0.1) is 6.61 Å². The highest BCUT2D eigenvalue weighted by molar-refractivity contribution is 5.76. The smallest absolute Gasteiger partial charge is 0.347 e. The van der Waals surface area contributed by atoms with Gasteiger partial charge in [-0.05, 0) is 60.7 Å². The standard InChI is InChI=1S/C25H26O3/c1-4-27-25(26)23(17-20-11-6-5-7-12-20)28-22-15-13-21(14-16-22)24-18(2)9-8-10-19(24)3/h5-16,23H,4,17H2,1-3H3/t23-/m0/s1. The van der Waals surface area contributed by atoms with Gasteiger partial charge in [0.15, 0.2) is 6.10 Å². The van der Waals surface area contributed by atoms with Gasteiger partial charge in [0, 0.05) is 6.42 Å². The predicted octanol–water partition coefficient (Wildman–Crippen LogP) is 5.52. The summed E-state index contributed by atoms with van der Waals surface area (Å²) >= 11 is 0. The number of hydrogen-bond donors (Lipinski definition) is 0. The van der Waals surface area contributed by atoms with Gasteiger partial charge in [0.2, 0.25) is 0 Å². The fourth-order valence-corrected chi connectivity index (χ4v) is 3.37. The number of hydrogen-bond acceptors (Lipinski definition) is 3. The second-order valence-electron chi connectivity index (χ2n) is 6.84. The van der Waals surface area contributed by atoms with E-state index in [1.807, 2.05) is 54.6 Å². The van der Waals surface area contributed by atoms with E-state index in [1.165, 1.54) is 16.7 Å². The number of ether oxygens (including phenoxy) is 2. The van der Waals surface area contributed by atoms with E-state index in [2.05, 4.69) is 32.0 Å². The molecule has 3 aromatic carbocycles. The Kier molecular flexibility index (Phi) is 6.49. The molecule has 0 aromatic heterocycles. The second-order valence-corrected chi connectivity index (χ2v) is 6.84. The first-order chi connectivity index (χ1) is 13.6. The molecule has 0 saturated carbocycles. The lowest BCUT2D eigenvalue weighted by molar-refractivity contribution is -0.151. The van der Waals surface area contributed by atoms with Gasteiger partial charge in [-0.15, -0.1) is 0 Å². The van der Waals surface area contributed by atoms with Crippen molar-refractivity contribution < 1.29 is 14.3 Å². The maximum absolute atomic E-state index is 12.4. The number of rotatable bonds is 7. The SMILES string of the molecule is CCOC(=O)[C@H](Cc1ccccc1)Oc1ccc(-c2c(C)cccc2C)cc1. The summed E-state index contributed by atoms with van der Waals surface area (Å²) in [6.07, 6.45) is -0.202. The fraction of sp³-hybridized carbons (Fsp3) is 0.240. The van der Waals surface area contributed by atoms with Crippen molar-refractivity contribution in [2.24, 2.45) is 0 Å². The van der Waals surface area contributed by atoms with E-state index in [0.29, 0.717) is 18.8 Å². The van der Waals surface area contributed by atoms with E-state index in [4.69, 9.17) is 9.47 Å². The van der Waals surface area contributed by atoms with Crippen LogP contribution in [0.3, 0.4) is 0 Å². The van der Waals surface area contributed by atoms with Crippen molar-refractivity contribution in [1.29, 1.82) is 0 Å². The Morgan fingerprint density at radius 1 is 0.857 bits per heavy atom. The van der Waals surface area contributed by atoms with E-state index in [9.17, 15) is 4.79 Å². The first kappa shape index (κ1) is 19.7. The molecule has 0 aliphatic rings. The minimum atomic E-state index is -0.673. The van der Waals surface area contributed by atoms with Gasteiger partial charge in [-0.25, -0.2) is 4.79 Å². The molecule has 0 fully saturated rings. The van der Waals surface area contributed by atoms with Crippen LogP contribution in [-0.2, 0) is 16.0 Å². The number of esters is 1. The van der Waals surface area contributed by atoms with Gasteiger partial charge in [-0.1, -0.05) is 60.7 Å². The summed E-state index contributed by atoms with van der Waals surface area (Å²) < 4.78 is 11.2. The molecule has 3 nitrogen and oxygen atoms in total. The molecule has 0 unspecified atom stereocenters. The van der Waals surface area contributed by atoms with Gasteiger partial charge in [0.25, 0.3) is 0 Å². The summed E-state index contributed by atoms with van der Waals surface area (Å²) in [6.45, 7) is 6.36. The molecule has 0 spiro atoms. The lowest BCUT2D eigenvalue weighted by Gasteiger charge is -2.18. The first-order valence-corrected chi connectivity index (χ1v) is 9.62. The lowest BCUT2D eigenvalue weighted by atomic mass is 9.96. The van der Waals surface area contributed by atoms with Gasteiger partial charge in [-0.2, -0.15) is 0 Å². The topological polar surface area (TPSA) is 35.5 Å². The molecule has 0 saturated heterocycles. The monoisotopic (exact) mass is 374 g/mol. The highest BCUT2D eigenvalue weighted by atomic mass is 16.6. The Hall–Kier alpha value is -3.07. The third-order valence-electron chi connectivity index (χ3n) is 4.72. The number of benzene rings is 3. The van der Waals surface area contributed by atoms with Crippen molar-refractivity contribution in [3.05, 3.63) is 89.5 Å². The summed E-state index contributed by atoms with van der Waals surface area (Å²) in [5.41, 5.74) is 5.89. The van der Waals surface area contributed by atoms with Gasteiger partial charge in [0.1, 0.15) is 5.75 Å². The summed E-state index contributed by atoms with van der Waals surface area (Å²) in [7, 11) is 0. The fourth-order valence-electron chi connectivity index (χ4n) is 3.37. The average molecular weight is 374 g/mol. The Morgan fingerprint density at radius 3 is 2.11 bits per heavy atom. The van der Waals surface area contributed by atoms with Crippen molar-refractivity contribution in [3.63, 3.8) is 0 Å². The minimum absolute atomic E-state index is 0.332. The third kappa shape index (κ3) is 4.80. The van der Waals surface area contributed by atoms with Crippen LogP contribution in [0.1, 0.15) is 23.6 Å². The predicted molar refractivity (Wildman–Crippen MR) is 113 cm³/mol. The molecule has 144 valence electrons. The highest BCUT2D eigenvalue weighted by Crippen LogP contribution is 2.29. The Morgan fingerprint density at radius 2 is 1.50 bits per heavy atom. The van der Waals surface area contributed by atoms with E-state index >= 15 is 0 Å². The zero-order valence-corrected chi connectivity index (χ0v) is 16.6. The normalized spacial score (nSPS) is 11.7. The molecular weight excluding hydrogens is 348 g/mol. The van der Waals surface area contributed by atoms with Crippen molar-refractivity contribution in [2.45, 2.75) is 33.3 Å². The zero-order chi connectivity index (χ0) is 19.9. The molecule has 1 atom stereocenters. The maximum atomic E-state index is 12.4. The molecule has 3 rings (SSSR count). The molecule has 0 heterocycles. The highest BCUT2D eigenvalue weighted by Gasteiger charge is 2.22. The molecule has 3 aromatic rings. The van der Waals surface area contributed by atoms with Crippen LogP contribution in [-0.4, -0.2) is 18.7 Å². The average Bonchev–Trinajstić information content (AvgIpc) is 2.69. The van der Waals surface area contributed by atoms with E-state index in [-0.39, 0.29) is 5.97 Å².